The number of aromatic nitrogens is 2. The molecule has 1 aromatic carbocycles. The third-order valence-electron chi connectivity index (χ3n) is 6.65. The second kappa shape index (κ2) is 8.82. The predicted octanol–water partition coefficient (Wildman–Crippen LogP) is -5.56. The first kappa shape index (κ1) is 24.2. The van der Waals surface area contributed by atoms with E-state index in [1.54, 1.807) is 0 Å². The molecule has 0 aliphatic carbocycles. The second-order valence-corrected chi connectivity index (χ2v) is 11.0. The Hall–Kier alpha value is -1.47. The third-order valence-corrected chi connectivity index (χ3v) is 6.65. The number of hydrogen-bond acceptors (Lipinski definition) is 4. The van der Waals surface area contributed by atoms with Crippen LogP contribution in [0, 0.1) is 12.8 Å². The van der Waals surface area contributed by atoms with Gasteiger partial charge in [-0.1, -0.05) is 0 Å². The molecule has 1 saturated heterocycles. The third kappa shape index (κ3) is 5.67. The molecule has 2 N–H and O–H groups in total. The van der Waals surface area contributed by atoms with Crippen LogP contribution < -0.4 is 10.6 Å². The van der Waals surface area contributed by atoms with Gasteiger partial charge in [-0.2, -0.15) is 5.10 Å². The maximum Gasteiger partial charge on any atom is 0.250 e. The van der Waals surface area contributed by atoms with Crippen molar-refractivity contribution in [1.82, 2.24) is 20.4 Å². The Balaban J connectivity index is 1.80. The zero-order chi connectivity index (χ0) is 23.0. The van der Waals surface area contributed by atoms with Gasteiger partial charge in [-0.3, -0.25) is 9.48 Å². The van der Waals surface area contributed by atoms with Crippen molar-refractivity contribution in [3.05, 3.63) is 29.5 Å². The number of carbonyl (C=O) groups is 1. The molecular formula is C18H33B7N4O2. The molecule has 0 spiro atoms. The standard InChI is InChI=1S/C18H33B7N4O2/c1-10-12(15(30)27-16(19,20)17(21,22)31-18(23,24)25)2-3-14-13(10)9-29(28-14)8-11-4-6-26-7-5-11/h2-3,9,11,26H,4-8,19-25H2,1H3,(H,27,30). The van der Waals surface area contributed by atoms with Crippen molar-refractivity contribution >= 4 is 71.7 Å². The Morgan fingerprint density at radius 3 is 2.45 bits per heavy atom. The molecule has 3 rings (SSSR count). The summed E-state index contributed by atoms with van der Waals surface area (Å²) in [4.78, 5) is 13.3. The number of nitrogens with zero attached hydrogens (tertiary/aromatic N) is 2. The topological polar surface area (TPSA) is 68.2 Å². The Bertz CT molecular complexity index is 952. The Labute approximate surface area is 192 Å². The van der Waals surface area contributed by atoms with Crippen molar-refractivity contribution in [2.45, 2.75) is 42.3 Å². The molecule has 2 heterocycles. The minimum absolute atomic E-state index is 0.0823. The molecule has 13 heteroatoms. The number of hydrogen-bond donors (Lipinski definition) is 2. The van der Waals surface area contributed by atoms with Crippen LogP contribution in [0.2, 0.25) is 0 Å². The lowest BCUT2D eigenvalue weighted by atomic mass is 9.38. The summed E-state index contributed by atoms with van der Waals surface area (Å²) in [6.45, 7) is 5.11. The fraction of sp³-hybridized carbons (Fsp3) is 0.556. The lowest BCUT2D eigenvalue weighted by molar-refractivity contribution is 0.0480. The van der Waals surface area contributed by atoms with E-state index in [-0.39, 0.29) is 11.2 Å². The van der Waals surface area contributed by atoms with E-state index in [9.17, 15) is 4.79 Å². The second-order valence-electron chi connectivity index (χ2n) is 11.0. The van der Waals surface area contributed by atoms with Crippen molar-refractivity contribution in [1.29, 1.82) is 0 Å². The van der Waals surface area contributed by atoms with Crippen LogP contribution in [0.15, 0.2) is 18.3 Å². The van der Waals surface area contributed by atoms with Crippen LogP contribution in [0.1, 0.15) is 28.8 Å². The van der Waals surface area contributed by atoms with E-state index in [0.717, 1.165) is 36.1 Å². The van der Waals surface area contributed by atoms with E-state index >= 15 is 0 Å². The highest BCUT2D eigenvalue weighted by Gasteiger charge is 2.41. The quantitative estimate of drug-likeness (QED) is 0.445. The molecule has 1 aromatic heterocycles. The van der Waals surface area contributed by atoms with Crippen molar-refractivity contribution in [3.63, 3.8) is 0 Å². The number of benzene rings is 1. The van der Waals surface area contributed by atoms with Crippen LogP contribution in [0.25, 0.3) is 10.9 Å². The summed E-state index contributed by atoms with van der Waals surface area (Å²) in [5.41, 5.74) is 2.60. The summed E-state index contributed by atoms with van der Waals surface area (Å²) in [6.07, 6.45) is 4.47. The Morgan fingerprint density at radius 2 is 1.84 bits per heavy atom. The molecule has 1 fully saturated rings. The summed E-state index contributed by atoms with van der Waals surface area (Å²) < 4.78 is 8.33. The number of rotatable bonds is 7. The van der Waals surface area contributed by atoms with Gasteiger partial charge < -0.3 is 15.4 Å². The minimum atomic E-state index is -0.558. The smallest absolute Gasteiger partial charge is 0.250 e. The first-order valence-corrected chi connectivity index (χ1v) is 11.5. The van der Waals surface area contributed by atoms with E-state index in [2.05, 4.69) is 21.5 Å². The van der Waals surface area contributed by atoms with E-state index in [4.69, 9.17) is 9.84 Å². The highest BCUT2D eigenvalue weighted by atomic mass is 16.5. The normalized spacial score (nSPS) is 16.4. The summed E-state index contributed by atoms with van der Waals surface area (Å²) in [5.74, 6) is 0.575. The van der Waals surface area contributed by atoms with Crippen molar-refractivity contribution in [3.8, 4) is 0 Å². The minimum Gasteiger partial charge on any atom is -0.411 e. The van der Waals surface area contributed by atoms with Gasteiger partial charge >= 0.3 is 0 Å². The first-order valence-electron chi connectivity index (χ1n) is 11.5. The van der Waals surface area contributed by atoms with Crippen molar-refractivity contribution in [2.75, 3.05) is 13.1 Å². The lowest BCUT2D eigenvalue weighted by Gasteiger charge is -2.47. The van der Waals surface area contributed by atoms with Gasteiger partial charge in [-0.05, 0) is 67.1 Å². The number of aryl methyl sites for hydroxylation is 1. The molecule has 1 aliphatic rings. The molecular weight excluding hydrogens is 380 g/mol. The SMILES string of the molecule is BC(B)(B)OC(B)(B)C(B)(B)NC(=O)c1ccc2nn(CC3CCNCC3)cc2c1C. The van der Waals surface area contributed by atoms with Crippen LogP contribution in [0.5, 0.6) is 0 Å². The molecule has 0 atom stereocenters. The van der Waals surface area contributed by atoms with Gasteiger partial charge in [-0.15, -0.1) is 0 Å². The fourth-order valence-corrected chi connectivity index (χ4v) is 4.34. The van der Waals surface area contributed by atoms with Crippen molar-refractivity contribution in [2.24, 2.45) is 5.92 Å². The molecule has 1 aliphatic heterocycles. The highest BCUT2D eigenvalue weighted by molar-refractivity contribution is 6.60. The number of amides is 1. The van der Waals surface area contributed by atoms with Gasteiger partial charge in [0.1, 0.15) is 54.9 Å². The largest absolute Gasteiger partial charge is 0.411 e. The van der Waals surface area contributed by atoms with Gasteiger partial charge in [0.05, 0.1) is 5.52 Å². The van der Waals surface area contributed by atoms with E-state index in [1.807, 2.05) is 74.0 Å². The zero-order valence-corrected chi connectivity index (χ0v) is 20.6. The summed E-state index contributed by atoms with van der Waals surface area (Å²) in [6, 6.07) is 3.85. The van der Waals surface area contributed by atoms with E-state index < -0.39 is 10.7 Å². The summed E-state index contributed by atoms with van der Waals surface area (Å²) in [7, 11) is 14.2. The molecule has 158 valence electrons. The van der Waals surface area contributed by atoms with E-state index in [0.29, 0.717) is 11.5 Å². The van der Waals surface area contributed by atoms with Gasteiger partial charge in [0.25, 0.3) is 5.91 Å². The van der Waals surface area contributed by atoms with Crippen LogP contribution in [-0.2, 0) is 11.3 Å². The van der Waals surface area contributed by atoms with Gasteiger partial charge in [0, 0.05) is 29.1 Å². The summed E-state index contributed by atoms with van der Waals surface area (Å²) >= 11 is 0. The average molecular weight is 413 g/mol. The van der Waals surface area contributed by atoms with Crippen LogP contribution >= 0.6 is 0 Å². The van der Waals surface area contributed by atoms with Crippen molar-refractivity contribution < 1.29 is 9.53 Å². The number of nitrogens with one attached hydrogen (secondary N) is 2. The van der Waals surface area contributed by atoms with Gasteiger partial charge in [0.2, 0.25) is 0 Å². The Morgan fingerprint density at radius 1 is 1.19 bits per heavy atom. The number of piperidine rings is 1. The molecule has 2 aromatic rings. The maximum absolute atomic E-state index is 13.3. The number of fused-ring (bicyclic) bond motifs is 1. The van der Waals surface area contributed by atoms with Gasteiger partial charge in [0.15, 0.2) is 0 Å². The first-order chi connectivity index (χ1) is 14.3. The van der Waals surface area contributed by atoms with Gasteiger partial charge in [-0.25, -0.2) is 0 Å². The summed E-state index contributed by atoms with van der Waals surface area (Å²) in [5, 5.41) is 11.0. The molecule has 6 nitrogen and oxygen atoms in total. The average Bonchev–Trinajstić information content (AvgIpc) is 3.03. The molecule has 0 unspecified atom stereocenters. The molecule has 1 amide bonds. The lowest BCUT2D eigenvalue weighted by Crippen LogP contribution is -2.70. The number of ether oxygens (including phenoxy) is 1. The van der Waals surface area contributed by atoms with Crippen LogP contribution in [0.4, 0.5) is 0 Å². The molecule has 0 radical (unpaired) electrons. The highest BCUT2D eigenvalue weighted by Crippen LogP contribution is 2.24. The predicted molar refractivity (Wildman–Crippen MR) is 147 cm³/mol. The molecule has 0 saturated carbocycles. The van der Waals surface area contributed by atoms with Crippen LogP contribution in [-0.4, -0.2) is 99.7 Å². The zero-order valence-electron chi connectivity index (χ0n) is 20.6. The molecule has 31 heavy (non-hydrogen) atoms. The monoisotopic (exact) mass is 414 g/mol. The van der Waals surface area contributed by atoms with Crippen LogP contribution in [0.3, 0.4) is 0 Å². The van der Waals surface area contributed by atoms with E-state index in [1.165, 1.54) is 12.8 Å². The molecule has 0 bridgehead atoms. The fourth-order valence-electron chi connectivity index (χ4n) is 4.34. The number of carbonyl (C=O) groups excluding carboxylic acids is 1. The Kier molecular flexibility index (Phi) is 6.88. The maximum atomic E-state index is 13.3.